The molecule has 0 radical (unpaired) electrons. The summed E-state index contributed by atoms with van der Waals surface area (Å²) in [6.45, 7) is 1.03. The van der Waals surface area contributed by atoms with E-state index < -0.39 is 0 Å². The Morgan fingerprint density at radius 1 is 1.11 bits per heavy atom. The Hall–Kier alpha value is -1.68. The number of esters is 1. The lowest BCUT2D eigenvalue weighted by atomic mass is 9.94. The topological polar surface area (TPSA) is 46.6 Å². The number of carbonyl (C=O) groups excluding carboxylic acids is 2. The van der Waals surface area contributed by atoms with E-state index in [9.17, 15) is 9.59 Å². The maximum atomic E-state index is 11.7. The summed E-state index contributed by atoms with van der Waals surface area (Å²) >= 11 is 0. The summed E-state index contributed by atoms with van der Waals surface area (Å²) < 4.78 is 5.23. The van der Waals surface area contributed by atoms with Crippen molar-refractivity contribution in [1.29, 1.82) is 0 Å². The van der Waals surface area contributed by atoms with E-state index in [-0.39, 0.29) is 23.8 Å². The van der Waals surface area contributed by atoms with Gasteiger partial charge >= 0.3 is 5.97 Å². The molecule has 2 heterocycles. The smallest absolute Gasteiger partial charge is 0.323 e. The summed E-state index contributed by atoms with van der Waals surface area (Å²) in [7, 11) is 0. The van der Waals surface area contributed by atoms with Crippen molar-refractivity contribution in [2.24, 2.45) is 0 Å². The van der Waals surface area contributed by atoms with Gasteiger partial charge in [-0.15, -0.1) is 0 Å². The van der Waals surface area contributed by atoms with Gasteiger partial charge in [0.1, 0.15) is 18.4 Å². The molecule has 2 atom stereocenters. The van der Waals surface area contributed by atoms with Crippen LogP contribution in [0.3, 0.4) is 0 Å². The largest absolute Gasteiger partial charge is 0.462 e. The third kappa shape index (κ3) is 1.93. The van der Waals surface area contributed by atoms with Gasteiger partial charge < -0.3 is 4.74 Å². The Morgan fingerprint density at radius 2 is 1.89 bits per heavy atom. The van der Waals surface area contributed by atoms with Gasteiger partial charge in [0.2, 0.25) is 0 Å². The van der Waals surface area contributed by atoms with Crippen LogP contribution in [-0.4, -0.2) is 35.8 Å². The van der Waals surface area contributed by atoms with Gasteiger partial charge in [-0.2, -0.15) is 0 Å². The first-order valence-corrected chi connectivity index (χ1v) is 6.25. The maximum absolute atomic E-state index is 11.7. The average molecular weight is 245 g/mol. The van der Waals surface area contributed by atoms with Gasteiger partial charge in [0, 0.05) is 19.4 Å². The Balaban J connectivity index is 1.88. The van der Waals surface area contributed by atoms with Gasteiger partial charge in [0.25, 0.3) is 0 Å². The first kappa shape index (κ1) is 11.4. The number of nitrogens with zero attached hydrogens (tertiary/aromatic N) is 1. The van der Waals surface area contributed by atoms with Crippen molar-refractivity contribution >= 4 is 11.8 Å². The van der Waals surface area contributed by atoms with E-state index in [1.54, 1.807) is 0 Å². The Kier molecular flexibility index (Phi) is 2.88. The van der Waals surface area contributed by atoms with Crippen LogP contribution in [0.25, 0.3) is 0 Å². The first-order valence-electron chi connectivity index (χ1n) is 6.25. The van der Waals surface area contributed by atoms with Gasteiger partial charge in [-0.25, -0.2) is 0 Å². The van der Waals surface area contributed by atoms with Crippen LogP contribution in [0.5, 0.6) is 0 Å². The van der Waals surface area contributed by atoms with Gasteiger partial charge in [0.05, 0.1) is 6.04 Å². The van der Waals surface area contributed by atoms with Crippen LogP contribution in [0, 0.1) is 0 Å². The lowest BCUT2D eigenvalue weighted by Crippen LogP contribution is -2.54. The van der Waals surface area contributed by atoms with E-state index in [4.69, 9.17) is 4.74 Å². The Bertz CT molecular complexity index is 471. The number of cyclic esters (lactones) is 1. The third-order valence-corrected chi connectivity index (χ3v) is 3.71. The van der Waals surface area contributed by atoms with Crippen LogP contribution in [0.15, 0.2) is 30.3 Å². The third-order valence-electron chi connectivity index (χ3n) is 3.71. The van der Waals surface area contributed by atoms with Gasteiger partial charge in [-0.05, 0) is 5.56 Å². The van der Waals surface area contributed by atoms with E-state index in [1.165, 1.54) is 0 Å². The van der Waals surface area contributed by atoms with Gasteiger partial charge in [-0.1, -0.05) is 30.3 Å². The normalized spacial score (nSPS) is 28.7. The molecule has 0 saturated carbocycles. The van der Waals surface area contributed by atoms with E-state index >= 15 is 0 Å². The lowest BCUT2D eigenvalue weighted by Gasteiger charge is -2.42. The molecular weight excluding hydrogens is 230 g/mol. The predicted molar refractivity (Wildman–Crippen MR) is 64.9 cm³/mol. The van der Waals surface area contributed by atoms with Crippen molar-refractivity contribution < 1.29 is 14.3 Å². The molecule has 0 bridgehead atoms. The van der Waals surface area contributed by atoms with Crippen molar-refractivity contribution in [3.05, 3.63) is 35.9 Å². The molecule has 0 spiro atoms. The van der Waals surface area contributed by atoms with Crippen LogP contribution < -0.4 is 0 Å². The number of hydrogen-bond acceptors (Lipinski definition) is 4. The summed E-state index contributed by atoms with van der Waals surface area (Å²) in [6.07, 6.45) is 0.829. The Morgan fingerprint density at radius 3 is 2.67 bits per heavy atom. The number of ketones is 1. The highest BCUT2D eigenvalue weighted by Gasteiger charge is 2.42. The predicted octanol–water partition coefficient (Wildman–Crippen LogP) is 1.32. The highest BCUT2D eigenvalue weighted by molar-refractivity contribution is 5.88. The molecule has 0 amide bonds. The monoisotopic (exact) mass is 245 g/mol. The van der Waals surface area contributed by atoms with Crippen molar-refractivity contribution in [2.45, 2.75) is 24.9 Å². The minimum atomic E-state index is -0.384. The molecule has 18 heavy (non-hydrogen) atoms. The second-order valence-electron chi connectivity index (χ2n) is 4.80. The molecule has 2 aliphatic heterocycles. The molecule has 0 unspecified atom stereocenters. The van der Waals surface area contributed by atoms with Crippen LogP contribution in [-0.2, 0) is 14.3 Å². The molecule has 4 heteroatoms. The summed E-state index contributed by atoms with van der Waals surface area (Å²) in [5.74, 6) is -0.0999. The number of ether oxygens (including phenoxy) is 1. The lowest BCUT2D eigenvalue weighted by molar-refractivity contribution is -0.167. The number of morpholine rings is 1. The summed E-state index contributed by atoms with van der Waals surface area (Å²) in [4.78, 5) is 25.3. The van der Waals surface area contributed by atoms with Crippen LogP contribution in [0.1, 0.15) is 24.4 Å². The second-order valence-corrected chi connectivity index (χ2v) is 4.80. The summed E-state index contributed by atoms with van der Waals surface area (Å²) in [6, 6.07) is 9.71. The summed E-state index contributed by atoms with van der Waals surface area (Å²) in [5.41, 5.74) is 1.14. The quantitative estimate of drug-likeness (QED) is 0.700. The molecule has 1 aromatic carbocycles. The average Bonchev–Trinajstić information content (AvgIpc) is 2.41. The molecule has 2 fully saturated rings. The SMILES string of the molecule is O=C1CCN2[C@H](C1)C(=O)OC[C@H]2c1ccccc1. The number of carbonyl (C=O) groups is 2. The first-order chi connectivity index (χ1) is 8.75. The summed E-state index contributed by atoms with van der Waals surface area (Å²) in [5, 5.41) is 0. The highest BCUT2D eigenvalue weighted by atomic mass is 16.5. The minimum Gasteiger partial charge on any atom is -0.462 e. The molecule has 94 valence electrons. The van der Waals surface area contributed by atoms with Crippen molar-refractivity contribution in [3.63, 3.8) is 0 Å². The fraction of sp³-hybridized carbons (Fsp3) is 0.429. The molecule has 0 aromatic heterocycles. The van der Waals surface area contributed by atoms with E-state index in [2.05, 4.69) is 4.90 Å². The zero-order chi connectivity index (χ0) is 12.5. The van der Waals surface area contributed by atoms with E-state index in [1.807, 2.05) is 30.3 Å². The molecular formula is C14H15NO3. The number of benzene rings is 1. The highest BCUT2D eigenvalue weighted by Crippen LogP contribution is 2.31. The zero-order valence-electron chi connectivity index (χ0n) is 10.0. The van der Waals surface area contributed by atoms with E-state index in [0.717, 1.165) is 5.56 Å². The zero-order valence-corrected chi connectivity index (χ0v) is 10.0. The molecule has 2 saturated heterocycles. The maximum Gasteiger partial charge on any atom is 0.323 e. The Labute approximate surface area is 106 Å². The fourth-order valence-electron chi connectivity index (χ4n) is 2.75. The number of hydrogen-bond donors (Lipinski definition) is 0. The molecule has 2 aliphatic rings. The van der Waals surface area contributed by atoms with E-state index in [0.29, 0.717) is 26.0 Å². The standard InChI is InChI=1S/C14H15NO3/c16-11-6-7-15-12(8-11)14(17)18-9-13(15)10-4-2-1-3-5-10/h1-5,12-13H,6-9H2/t12-,13+/m1/s1. The van der Waals surface area contributed by atoms with Crippen molar-refractivity contribution in [2.75, 3.05) is 13.2 Å². The second kappa shape index (κ2) is 4.53. The number of Topliss-reactive ketones (excluding diaryl/α,β-unsaturated/α-hetero) is 1. The minimum absolute atomic E-state index is 0.0852. The molecule has 3 rings (SSSR count). The molecule has 4 nitrogen and oxygen atoms in total. The number of piperidine rings is 1. The van der Waals surface area contributed by atoms with Crippen molar-refractivity contribution in [1.82, 2.24) is 4.90 Å². The number of fused-ring (bicyclic) bond motifs is 1. The molecule has 0 N–H and O–H groups in total. The van der Waals surface area contributed by atoms with Gasteiger partial charge in [-0.3, -0.25) is 14.5 Å². The van der Waals surface area contributed by atoms with Crippen LogP contribution >= 0.6 is 0 Å². The van der Waals surface area contributed by atoms with Gasteiger partial charge in [0.15, 0.2) is 0 Å². The fourth-order valence-corrected chi connectivity index (χ4v) is 2.75. The van der Waals surface area contributed by atoms with Crippen LogP contribution in [0.2, 0.25) is 0 Å². The number of rotatable bonds is 1. The molecule has 1 aromatic rings. The van der Waals surface area contributed by atoms with Crippen LogP contribution in [0.4, 0.5) is 0 Å². The molecule has 0 aliphatic carbocycles. The van der Waals surface area contributed by atoms with Crippen molar-refractivity contribution in [3.8, 4) is 0 Å².